The summed E-state index contributed by atoms with van der Waals surface area (Å²) in [4.78, 5) is 0. The monoisotopic (exact) mass is 340 g/mol. The van der Waals surface area contributed by atoms with Gasteiger partial charge in [-0.1, -0.05) is 6.92 Å². The normalized spacial score (nSPS) is 29.1. The first-order valence-corrected chi connectivity index (χ1v) is 9.88. The predicted molar refractivity (Wildman–Crippen MR) is 85.1 cm³/mol. The highest BCUT2D eigenvalue weighted by atomic mass is 32.2. The Kier molecular flexibility index (Phi) is 3.99. The van der Waals surface area contributed by atoms with E-state index in [-0.39, 0.29) is 6.04 Å². The predicted octanol–water partition coefficient (Wildman–Crippen LogP) is 1.94. The Morgan fingerprint density at radius 2 is 1.96 bits per heavy atom. The molecule has 23 heavy (non-hydrogen) atoms. The van der Waals surface area contributed by atoms with Crippen molar-refractivity contribution in [3.63, 3.8) is 0 Å². The van der Waals surface area contributed by atoms with E-state index in [1.54, 1.807) is 8.61 Å². The zero-order valence-corrected chi connectivity index (χ0v) is 14.3. The standard InChI is InChI=1S/C16H24N2O4S/c1-12-10-15(12)16-5-4-14(22-16)11-18(13-2-3-13)23(19,20)17-6-8-21-9-7-17/h4-5,12-13,15H,2-3,6-11H2,1H3/t12-,15+/m0/s1. The quantitative estimate of drug-likeness (QED) is 0.794. The van der Waals surface area contributed by atoms with Gasteiger partial charge in [0.05, 0.1) is 19.8 Å². The lowest BCUT2D eigenvalue weighted by Gasteiger charge is -2.31. The molecule has 7 heteroatoms. The molecule has 2 saturated carbocycles. The Hall–Kier alpha value is -0.890. The van der Waals surface area contributed by atoms with E-state index in [0.29, 0.717) is 44.7 Å². The van der Waals surface area contributed by atoms with Crippen molar-refractivity contribution >= 4 is 10.2 Å². The maximum atomic E-state index is 12.9. The molecule has 4 rings (SSSR count). The molecule has 3 fully saturated rings. The number of rotatable bonds is 6. The van der Waals surface area contributed by atoms with E-state index in [0.717, 1.165) is 24.4 Å². The summed E-state index contributed by atoms with van der Waals surface area (Å²) < 4.78 is 40.2. The molecule has 0 N–H and O–H groups in total. The Labute approximate surface area is 137 Å². The second-order valence-corrected chi connectivity index (χ2v) is 8.80. The number of nitrogens with zero attached hydrogens (tertiary/aromatic N) is 2. The Morgan fingerprint density at radius 3 is 2.57 bits per heavy atom. The third-order valence-electron chi connectivity index (χ3n) is 5.02. The largest absolute Gasteiger partial charge is 0.464 e. The van der Waals surface area contributed by atoms with Crippen LogP contribution in [0.15, 0.2) is 16.5 Å². The van der Waals surface area contributed by atoms with Gasteiger partial charge in [0.15, 0.2) is 0 Å². The van der Waals surface area contributed by atoms with Gasteiger partial charge in [-0.3, -0.25) is 0 Å². The molecule has 0 amide bonds. The molecule has 2 atom stereocenters. The molecular formula is C16H24N2O4S. The molecular weight excluding hydrogens is 316 g/mol. The van der Waals surface area contributed by atoms with Gasteiger partial charge < -0.3 is 9.15 Å². The smallest absolute Gasteiger partial charge is 0.282 e. The van der Waals surface area contributed by atoms with Gasteiger partial charge in [-0.05, 0) is 37.3 Å². The molecule has 0 bridgehead atoms. The van der Waals surface area contributed by atoms with Gasteiger partial charge in [0, 0.05) is 25.0 Å². The van der Waals surface area contributed by atoms with Gasteiger partial charge in [0.1, 0.15) is 11.5 Å². The summed E-state index contributed by atoms with van der Waals surface area (Å²) in [7, 11) is -3.44. The summed E-state index contributed by atoms with van der Waals surface area (Å²) in [5, 5.41) is 0. The fraction of sp³-hybridized carbons (Fsp3) is 0.750. The maximum Gasteiger partial charge on any atom is 0.282 e. The number of morpholine rings is 1. The van der Waals surface area contributed by atoms with Gasteiger partial charge >= 0.3 is 0 Å². The van der Waals surface area contributed by atoms with E-state index in [9.17, 15) is 8.42 Å². The summed E-state index contributed by atoms with van der Waals surface area (Å²) in [6, 6.07) is 4.07. The van der Waals surface area contributed by atoms with Crippen molar-refractivity contribution in [2.24, 2.45) is 5.92 Å². The molecule has 1 aromatic rings. The highest BCUT2D eigenvalue weighted by Gasteiger charge is 2.42. The molecule has 1 aliphatic heterocycles. The molecule has 1 saturated heterocycles. The minimum Gasteiger partial charge on any atom is -0.464 e. The fourth-order valence-electron chi connectivity index (χ4n) is 3.24. The van der Waals surface area contributed by atoms with Crippen molar-refractivity contribution in [2.75, 3.05) is 26.3 Å². The van der Waals surface area contributed by atoms with Gasteiger partial charge in [0.2, 0.25) is 0 Å². The van der Waals surface area contributed by atoms with E-state index in [1.165, 1.54) is 6.42 Å². The van der Waals surface area contributed by atoms with Gasteiger partial charge in [0.25, 0.3) is 10.2 Å². The minimum atomic E-state index is -3.44. The molecule has 0 unspecified atom stereocenters. The summed E-state index contributed by atoms with van der Waals surface area (Å²) >= 11 is 0. The van der Waals surface area contributed by atoms with E-state index >= 15 is 0 Å². The van der Waals surface area contributed by atoms with Crippen molar-refractivity contribution in [3.05, 3.63) is 23.7 Å². The van der Waals surface area contributed by atoms with Crippen LogP contribution in [0.5, 0.6) is 0 Å². The fourth-order valence-corrected chi connectivity index (χ4v) is 5.02. The number of hydrogen-bond donors (Lipinski definition) is 0. The van der Waals surface area contributed by atoms with Crippen molar-refractivity contribution in [1.29, 1.82) is 0 Å². The minimum absolute atomic E-state index is 0.122. The zero-order chi connectivity index (χ0) is 16.0. The van der Waals surface area contributed by atoms with Crippen LogP contribution in [0.1, 0.15) is 43.6 Å². The van der Waals surface area contributed by atoms with Gasteiger partial charge in [-0.25, -0.2) is 0 Å². The Balaban J connectivity index is 1.50. The first kappa shape index (κ1) is 15.6. The van der Waals surface area contributed by atoms with Crippen molar-refractivity contribution in [1.82, 2.24) is 8.61 Å². The number of ether oxygens (including phenoxy) is 1. The van der Waals surface area contributed by atoms with Crippen LogP contribution >= 0.6 is 0 Å². The first-order chi connectivity index (χ1) is 11.1. The van der Waals surface area contributed by atoms with Gasteiger partial charge in [-0.15, -0.1) is 0 Å². The lowest BCUT2D eigenvalue weighted by molar-refractivity contribution is 0.0696. The average molecular weight is 340 g/mol. The molecule has 2 heterocycles. The van der Waals surface area contributed by atoms with E-state index < -0.39 is 10.2 Å². The first-order valence-electron chi connectivity index (χ1n) is 8.49. The van der Waals surface area contributed by atoms with Crippen LogP contribution < -0.4 is 0 Å². The van der Waals surface area contributed by atoms with Crippen molar-refractivity contribution in [2.45, 2.75) is 44.7 Å². The second-order valence-electron chi connectivity index (χ2n) is 6.92. The molecule has 0 radical (unpaired) electrons. The van der Waals surface area contributed by atoms with Crippen LogP contribution in [0, 0.1) is 5.92 Å². The molecule has 0 spiro atoms. The lowest BCUT2D eigenvalue weighted by Crippen LogP contribution is -2.49. The van der Waals surface area contributed by atoms with E-state index in [1.807, 2.05) is 12.1 Å². The number of hydrogen-bond acceptors (Lipinski definition) is 4. The average Bonchev–Trinajstić information content (AvgIpc) is 3.47. The molecule has 128 valence electrons. The number of furan rings is 1. The van der Waals surface area contributed by atoms with E-state index in [4.69, 9.17) is 9.15 Å². The van der Waals surface area contributed by atoms with Crippen LogP contribution in [-0.2, 0) is 21.5 Å². The Morgan fingerprint density at radius 1 is 1.26 bits per heavy atom. The third-order valence-corrected chi connectivity index (χ3v) is 7.05. The second kappa shape index (κ2) is 5.88. The molecule has 0 aromatic carbocycles. The summed E-state index contributed by atoms with van der Waals surface area (Å²) in [6.45, 7) is 4.38. The lowest BCUT2D eigenvalue weighted by atomic mass is 10.3. The van der Waals surface area contributed by atoms with Crippen molar-refractivity contribution in [3.8, 4) is 0 Å². The van der Waals surface area contributed by atoms with E-state index in [2.05, 4.69) is 6.92 Å². The maximum absolute atomic E-state index is 12.9. The third kappa shape index (κ3) is 3.20. The molecule has 6 nitrogen and oxygen atoms in total. The van der Waals surface area contributed by atoms with Crippen molar-refractivity contribution < 1.29 is 17.6 Å². The summed E-state index contributed by atoms with van der Waals surface area (Å²) in [5.74, 6) is 2.97. The van der Waals surface area contributed by atoms with Gasteiger partial charge in [-0.2, -0.15) is 17.0 Å². The zero-order valence-electron chi connectivity index (χ0n) is 13.5. The van der Waals surface area contributed by atoms with Crippen LogP contribution in [0.25, 0.3) is 0 Å². The molecule has 2 aliphatic carbocycles. The summed E-state index contributed by atoms with van der Waals surface area (Å²) in [6.07, 6.45) is 3.05. The topological polar surface area (TPSA) is 63.0 Å². The van der Waals surface area contributed by atoms with Crippen LogP contribution in [0.4, 0.5) is 0 Å². The molecule has 1 aromatic heterocycles. The Bertz CT molecular complexity index is 661. The highest BCUT2D eigenvalue weighted by molar-refractivity contribution is 7.86. The van der Waals surface area contributed by atoms with Crippen LogP contribution in [0.3, 0.4) is 0 Å². The SMILES string of the molecule is C[C@H]1C[C@H]1c1ccc(CN(C2CC2)S(=O)(=O)N2CCOCC2)o1. The highest BCUT2D eigenvalue weighted by Crippen LogP contribution is 2.47. The molecule has 3 aliphatic rings. The van der Waals surface area contributed by atoms with Crippen LogP contribution in [-0.4, -0.2) is 49.4 Å². The van der Waals surface area contributed by atoms with Crippen LogP contribution in [0.2, 0.25) is 0 Å². The summed E-state index contributed by atoms with van der Waals surface area (Å²) in [5.41, 5.74) is 0.